The summed E-state index contributed by atoms with van der Waals surface area (Å²) in [6, 6.07) is 3.18. The van der Waals surface area contributed by atoms with Crippen LogP contribution in [-0.2, 0) is 11.4 Å². The van der Waals surface area contributed by atoms with Crippen LogP contribution in [0.5, 0.6) is 0 Å². The first-order chi connectivity index (χ1) is 5.65. The third kappa shape index (κ3) is 3.50. The lowest BCUT2D eigenvalue weighted by atomic mass is 10.2. The first kappa shape index (κ1) is 13.3. The maximum Gasteiger partial charge on any atom is 0.0944 e. The van der Waals surface area contributed by atoms with Gasteiger partial charge in [-0.05, 0) is 17.7 Å². The van der Waals surface area contributed by atoms with Gasteiger partial charge in [-0.1, -0.05) is 34.8 Å². The van der Waals surface area contributed by atoms with Crippen molar-refractivity contribution in [1.29, 1.82) is 0 Å². The van der Waals surface area contributed by atoms with E-state index in [1.807, 2.05) is 0 Å². The van der Waals surface area contributed by atoms with E-state index in [-0.39, 0.29) is 19.0 Å². The number of benzene rings is 1. The average Bonchev–Trinajstić information content (AvgIpc) is 2.01. The molecular formula is C7H7Cl4NO. The highest BCUT2D eigenvalue weighted by atomic mass is 35.5. The minimum Gasteiger partial charge on any atom is -0.300 e. The van der Waals surface area contributed by atoms with Crippen molar-refractivity contribution in [2.24, 2.45) is 5.90 Å². The van der Waals surface area contributed by atoms with Crippen molar-refractivity contribution >= 4 is 47.2 Å². The second-order valence-electron chi connectivity index (χ2n) is 2.17. The molecule has 13 heavy (non-hydrogen) atoms. The molecule has 0 aliphatic carbocycles. The van der Waals surface area contributed by atoms with Crippen LogP contribution in [0.3, 0.4) is 0 Å². The molecule has 0 fully saturated rings. The highest BCUT2D eigenvalue weighted by molar-refractivity contribution is 6.43. The number of halogens is 4. The highest BCUT2D eigenvalue weighted by Gasteiger charge is 2.05. The first-order valence-electron chi connectivity index (χ1n) is 3.10. The van der Waals surface area contributed by atoms with Gasteiger partial charge in [-0.25, -0.2) is 5.90 Å². The molecule has 0 aliphatic rings. The van der Waals surface area contributed by atoms with Crippen LogP contribution < -0.4 is 5.90 Å². The number of hydrogen-bond acceptors (Lipinski definition) is 2. The fourth-order valence-electron chi connectivity index (χ4n) is 0.764. The second-order valence-corrected chi connectivity index (χ2v) is 3.39. The van der Waals surface area contributed by atoms with Crippen LogP contribution in [0.1, 0.15) is 5.56 Å². The van der Waals surface area contributed by atoms with Crippen molar-refractivity contribution in [3.05, 3.63) is 32.8 Å². The van der Waals surface area contributed by atoms with Gasteiger partial charge in [-0.15, -0.1) is 12.4 Å². The summed E-state index contributed by atoms with van der Waals surface area (Å²) in [6.07, 6.45) is 0. The Balaban J connectivity index is 0.00000144. The smallest absolute Gasteiger partial charge is 0.0944 e. The molecule has 2 N–H and O–H groups in total. The van der Waals surface area contributed by atoms with E-state index in [9.17, 15) is 0 Å². The van der Waals surface area contributed by atoms with E-state index in [1.165, 1.54) is 0 Å². The van der Waals surface area contributed by atoms with Gasteiger partial charge in [0.25, 0.3) is 0 Å². The molecular weight excluding hydrogens is 256 g/mol. The Kier molecular flexibility index (Phi) is 6.05. The summed E-state index contributed by atoms with van der Waals surface area (Å²) in [5, 5.41) is 1.35. The Morgan fingerprint density at radius 3 is 2.15 bits per heavy atom. The lowest BCUT2D eigenvalue weighted by Crippen LogP contribution is -1.99. The standard InChI is InChI=1S/C7H6Cl3NO.ClH/c8-5-2-7(10)6(9)1-4(5)3-12-11;/h1-2H,3,11H2;1H. The average molecular weight is 263 g/mol. The Bertz CT molecular complexity index is 292. The second kappa shape index (κ2) is 5.91. The zero-order valence-corrected chi connectivity index (χ0v) is 9.47. The SMILES string of the molecule is Cl.NOCc1cc(Cl)c(Cl)cc1Cl. The van der Waals surface area contributed by atoms with Gasteiger partial charge in [0.2, 0.25) is 0 Å². The Hall–Kier alpha value is 0.300. The van der Waals surface area contributed by atoms with Crippen molar-refractivity contribution in [2.75, 3.05) is 0 Å². The van der Waals surface area contributed by atoms with Gasteiger partial charge < -0.3 is 0 Å². The van der Waals surface area contributed by atoms with Crippen LogP contribution >= 0.6 is 47.2 Å². The van der Waals surface area contributed by atoms with E-state index < -0.39 is 0 Å². The number of hydrogen-bond donors (Lipinski definition) is 1. The molecule has 0 bridgehead atoms. The molecule has 2 nitrogen and oxygen atoms in total. The van der Waals surface area contributed by atoms with E-state index in [1.54, 1.807) is 12.1 Å². The van der Waals surface area contributed by atoms with Crippen LogP contribution in [0, 0.1) is 0 Å². The van der Waals surface area contributed by atoms with E-state index in [0.29, 0.717) is 20.6 Å². The van der Waals surface area contributed by atoms with E-state index in [2.05, 4.69) is 4.84 Å². The van der Waals surface area contributed by atoms with Crippen LogP contribution in [0.25, 0.3) is 0 Å². The molecule has 0 radical (unpaired) electrons. The van der Waals surface area contributed by atoms with Crippen molar-refractivity contribution in [1.82, 2.24) is 0 Å². The van der Waals surface area contributed by atoms with Crippen molar-refractivity contribution in [3.8, 4) is 0 Å². The Morgan fingerprint density at radius 1 is 1.08 bits per heavy atom. The van der Waals surface area contributed by atoms with Crippen LogP contribution in [-0.4, -0.2) is 0 Å². The van der Waals surface area contributed by atoms with Gasteiger partial charge in [-0.3, -0.25) is 4.84 Å². The molecule has 0 saturated heterocycles. The monoisotopic (exact) mass is 261 g/mol. The summed E-state index contributed by atoms with van der Waals surface area (Å²) < 4.78 is 0. The molecule has 0 spiro atoms. The molecule has 74 valence electrons. The third-order valence-electron chi connectivity index (χ3n) is 1.33. The van der Waals surface area contributed by atoms with E-state index in [0.717, 1.165) is 0 Å². The topological polar surface area (TPSA) is 35.2 Å². The predicted molar refractivity (Wildman–Crippen MR) is 57.7 cm³/mol. The maximum absolute atomic E-state index is 5.80. The van der Waals surface area contributed by atoms with Crippen molar-refractivity contribution in [2.45, 2.75) is 6.61 Å². The summed E-state index contributed by atoms with van der Waals surface area (Å²) in [6.45, 7) is 0.218. The Morgan fingerprint density at radius 2 is 1.62 bits per heavy atom. The summed E-state index contributed by atoms with van der Waals surface area (Å²) in [7, 11) is 0. The van der Waals surface area contributed by atoms with Gasteiger partial charge in [0.15, 0.2) is 0 Å². The molecule has 1 aromatic rings. The summed E-state index contributed by atoms with van der Waals surface area (Å²) in [4.78, 5) is 4.42. The number of rotatable bonds is 2. The third-order valence-corrected chi connectivity index (χ3v) is 2.40. The zero-order valence-electron chi connectivity index (χ0n) is 6.39. The zero-order chi connectivity index (χ0) is 9.14. The highest BCUT2D eigenvalue weighted by Crippen LogP contribution is 2.28. The molecule has 0 aromatic heterocycles. The van der Waals surface area contributed by atoms with E-state index >= 15 is 0 Å². The lowest BCUT2D eigenvalue weighted by molar-refractivity contribution is 0.124. The van der Waals surface area contributed by atoms with Crippen LogP contribution in [0.2, 0.25) is 15.1 Å². The molecule has 6 heteroatoms. The summed E-state index contributed by atoms with van der Waals surface area (Å²) >= 11 is 17.2. The Labute approximate surface area is 97.3 Å². The van der Waals surface area contributed by atoms with Gasteiger partial charge in [0.05, 0.1) is 16.7 Å². The lowest BCUT2D eigenvalue weighted by Gasteiger charge is -2.03. The molecule has 0 aliphatic heterocycles. The van der Waals surface area contributed by atoms with Gasteiger partial charge in [0, 0.05) is 5.02 Å². The molecule has 1 aromatic carbocycles. The minimum absolute atomic E-state index is 0. The van der Waals surface area contributed by atoms with Gasteiger partial charge in [-0.2, -0.15) is 0 Å². The quantitative estimate of drug-likeness (QED) is 0.655. The first-order valence-corrected chi connectivity index (χ1v) is 4.23. The molecule has 0 unspecified atom stereocenters. The largest absolute Gasteiger partial charge is 0.300 e. The van der Waals surface area contributed by atoms with Crippen LogP contribution in [0.15, 0.2) is 12.1 Å². The predicted octanol–water partition coefficient (Wildman–Crippen LogP) is 3.46. The summed E-state index contributed by atoms with van der Waals surface area (Å²) in [5.41, 5.74) is 0.716. The molecule has 1 rings (SSSR count). The molecule has 0 heterocycles. The van der Waals surface area contributed by atoms with Crippen LogP contribution in [0.4, 0.5) is 0 Å². The normalized spacial score (nSPS) is 9.54. The van der Waals surface area contributed by atoms with E-state index in [4.69, 9.17) is 40.7 Å². The number of nitrogens with two attached hydrogens (primary N) is 1. The maximum atomic E-state index is 5.80. The van der Waals surface area contributed by atoms with Gasteiger partial charge in [0.1, 0.15) is 0 Å². The fraction of sp³-hybridized carbons (Fsp3) is 0.143. The fourth-order valence-corrected chi connectivity index (χ4v) is 1.39. The molecule has 0 saturated carbocycles. The minimum atomic E-state index is 0. The molecule has 0 amide bonds. The van der Waals surface area contributed by atoms with Crippen molar-refractivity contribution < 1.29 is 4.84 Å². The van der Waals surface area contributed by atoms with Gasteiger partial charge >= 0.3 is 0 Å². The molecule has 0 atom stereocenters. The van der Waals surface area contributed by atoms with Crippen molar-refractivity contribution in [3.63, 3.8) is 0 Å². The summed E-state index contributed by atoms with van der Waals surface area (Å²) in [5.74, 6) is 4.88.